The second kappa shape index (κ2) is 8.72. The summed E-state index contributed by atoms with van der Waals surface area (Å²) in [5, 5.41) is 12.2. The summed E-state index contributed by atoms with van der Waals surface area (Å²) in [6.45, 7) is 0. The van der Waals surface area contributed by atoms with Gasteiger partial charge in [-0.3, -0.25) is 0 Å². The summed E-state index contributed by atoms with van der Waals surface area (Å²) in [7, 11) is 0. The fourth-order valence-corrected chi connectivity index (χ4v) is 3.53. The van der Waals surface area contributed by atoms with Gasteiger partial charge in [0.15, 0.2) is 0 Å². The number of nitrogens with one attached hydrogen (secondary N) is 1. The van der Waals surface area contributed by atoms with Crippen LogP contribution in [0.3, 0.4) is 0 Å². The Morgan fingerprint density at radius 3 is 1.97 bits per heavy atom. The molecule has 1 aromatic carbocycles. The first-order chi connectivity index (χ1) is 14.4. The molecule has 1 saturated carbocycles. The minimum Gasteiger partial charge on any atom is -0.475 e. The van der Waals surface area contributed by atoms with Gasteiger partial charge in [0, 0.05) is 17.8 Å². The first-order valence-corrected chi connectivity index (χ1v) is 9.62. The van der Waals surface area contributed by atoms with E-state index < -0.39 is 40.8 Å². The highest BCUT2D eigenvalue weighted by atomic mass is 19.4. The summed E-state index contributed by atoms with van der Waals surface area (Å²) < 4.78 is 79.5. The van der Waals surface area contributed by atoms with E-state index in [0.717, 1.165) is 44.7 Å². The molecule has 0 saturated heterocycles. The molecule has 0 atom stereocenters. The number of alkyl halides is 6. The Bertz CT molecular complexity index is 919. The van der Waals surface area contributed by atoms with Crippen LogP contribution < -0.4 is 5.32 Å². The number of halogens is 6. The number of rotatable bonds is 4. The molecule has 0 unspecified atom stereocenters. The highest BCUT2D eigenvalue weighted by Gasteiger charge is 2.37. The Hall–Kier alpha value is -2.85. The van der Waals surface area contributed by atoms with Crippen LogP contribution in [0.1, 0.15) is 60.3 Å². The molecule has 3 rings (SSSR count). The highest BCUT2D eigenvalue weighted by Crippen LogP contribution is 2.40. The lowest BCUT2D eigenvalue weighted by Gasteiger charge is -2.20. The third kappa shape index (κ3) is 5.65. The molecule has 1 aliphatic carbocycles. The maximum atomic E-state index is 13.2. The van der Waals surface area contributed by atoms with Crippen molar-refractivity contribution in [2.75, 3.05) is 5.32 Å². The van der Waals surface area contributed by atoms with Crippen molar-refractivity contribution < 1.29 is 36.2 Å². The van der Waals surface area contributed by atoms with Gasteiger partial charge in [-0.05, 0) is 36.6 Å². The number of carbonyl (C=O) groups is 1. The molecule has 168 valence electrons. The van der Waals surface area contributed by atoms with Gasteiger partial charge >= 0.3 is 18.3 Å². The Labute approximate surface area is 173 Å². The Morgan fingerprint density at radius 2 is 1.48 bits per heavy atom. The number of anilines is 1. The predicted molar refractivity (Wildman–Crippen MR) is 99.5 cm³/mol. The molecule has 0 amide bonds. The third-order valence-corrected chi connectivity index (χ3v) is 5.07. The summed E-state index contributed by atoms with van der Waals surface area (Å²) in [4.78, 5) is 18.7. The van der Waals surface area contributed by atoms with Gasteiger partial charge in [0.2, 0.25) is 5.82 Å². The number of hydrogen-bond acceptors (Lipinski definition) is 4. The standard InChI is InChI=1S/C20H19F6N3O2/c21-19(22,23)12-7-11(8-13(9-12)20(24,25)26)15-10-27-17(18(30)31)29-16(15)28-14-5-3-1-2-4-6-14/h7-10,14H,1-6H2,(H,30,31)(H,27,28,29). The SMILES string of the molecule is O=C(O)c1ncc(-c2cc(C(F)(F)F)cc(C(F)(F)F)c2)c(NC2CCCCCC2)n1. The van der Waals surface area contributed by atoms with Crippen LogP contribution in [0.25, 0.3) is 11.1 Å². The largest absolute Gasteiger partial charge is 0.475 e. The number of carboxylic acids is 1. The maximum Gasteiger partial charge on any atom is 0.416 e. The van der Waals surface area contributed by atoms with Gasteiger partial charge in [-0.15, -0.1) is 0 Å². The lowest BCUT2D eigenvalue weighted by atomic mass is 9.99. The molecule has 31 heavy (non-hydrogen) atoms. The minimum absolute atomic E-state index is 0.0361. The van der Waals surface area contributed by atoms with E-state index in [2.05, 4.69) is 15.3 Å². The Morgan fingerprint density at radius 1 is 0.935 bits per heavy atom. The van der Waals surface area contributed by atoms with Gasteiger partial charge in [-0.1, -0.05) is 25.7 Å². The number of benzene rings is 1. The van der Waals surface area contributed by atoms with E-state index in [9.17, 15) is 36.2 Å². The van der Waals surface area contributed by atoms with E-state index >= 15 is 0 Å². The van der Waals surface area contributed by atoms with Gasteiger partial charge in [0.1, 0.15) is 5.82 Å². The van der Waals surface area contributed by atoms with E-state index in [-0.39, 0.29) is 23.5 Å². The zero-order valence-electron chi connectivity index (χ0n) is 16.1. The average molecular weight is 447 g/mol. The molecule has 11 heteroatoms. The van der Waals surface area contributed by atoms with Crippen LogP contribution in [0, 0.1) is 0 Å². The number of nitrogens with zero attached hydrogens (tertiary/aromatic N) is 2. The zero-order valence-corrected chi connectivity index (χ0v) is 16.1. The van der Waals surface area contributed by atoms with Crippen molar-refractivity contribution in [3.8, 4) is 11.1 Å². The second-order valence-corrected chi connectivity index (χ2v) is 7.39. The smallest absolute Gasteiger partial charge is 0.416 e. The lowest BCUT2D eigenvalue weighted by Crippen LogP contribution is -2.21. The molecule has 1 heterocycles. The summed E-state index contributed by atoms with van der Waals surface area (Å²) >= 11 is 0. The van der Waals surface area contributed by atoms with Gasteiger partial charge < -0.3 is 10.4 Å². The molecule has 5 nitrogen and oxygen atoms in total. The van der Waals surface area contributed by atoms with Crippen LogP contribution in [0.15, 0.2) is 24.4 Å². The summed E-state index contributed by atoms with van der Waals surface area (Å²) in [5.74, 6) is -2.18. The van der Waals surface area contributed by atoms with Crippen molar-refractivity contribution in [2.24, 2.45) is 0 Å². The molecule has 0 spiro atoms. The van der Waals surface area contributed by atoms with Gasteiger partial charge in [-0.2, -0.15) is 26.3 Å². The normalized spacial score (nSPS) is 16.1. The Balaban J connectivity index is 2.13. The molecule has 1 aromatic heterocycles. The fraction of sp³-hybridized carbons (Fsp3) is 0.450. The van der Waals surface area contributed by atoms with Crippen LogP contribution in [-0.4, -0.2) is 27.1 Å². The van der Waals surface area contributed by atoms with E-state index in [1.807, 2.05) is 0 Å². The van der Waals surface area contributed by atoms with Crippen molar-refractivity contribution in [1.29, 1.82) is 0 Å². The van der Waals surface area contributed by atoms with Gasteiger partial charge in [0.05, 0.1) is 11.1 Å². The summed E-state index contributed by atoms with van der Waals surface area (Å²) in [5.41, 5.74) is -3.49. The summed E-state index contributed by atoms with van der Waals surface area (Å²) in [6.07, 6.45) is -3.82. The number of carboxylic acid groups (broad SMARTS) is 1. The monoisotopic (exact) mass is 447 g/mol. The van der Waals surface area contributed by atoms with Gasteiger partial charge in [-0.25, -0.2) is 14.8 Å². The zero-order chi connectivity index (χ0) is 22.8. The molecule has 1 aliphatic rings. The van der Waals surface area contributed by atoms with Crippen LogP contribution in [0.2, 0.25) is 0 Å². The van der Waals surface area contributed by atoms with Crippen molar-refractivity contribution >= 4 is 11.8 Å². The van der Waals surface area contributed by atoms with E-state index in [0.29, 0.717) is 12.1 Å². The lowest BCUT2D eigenvalue weighted by molar-refractivity contribution is -0.143. The number of hydrogen-bond donors (Lipinski definition) is 2. The summed E-state index contributed by atoms with van der Waals surface area (Å²) in [6, 6.07) is 1.05. The molecule has 0 bridgehead atoms. The quantitative estimate of drug-likeness (QED) is 0.443. The molecule has 2 aromatic rings. The third-order valence-electron chi connectivity index (χ3n) is 5.07. The van der Waals surface area contributed by atoms with E-state index in [4.69, 9.17) is 0 Å². The van der Waals surface area contributed by atoms with Crippen molar-refractivity contribution in [2.45, 2.75) is 56.9 Å². The fourth-order valence-electron chi connectivity index (χ4n) is 3.53. The van der Waals surface area contributed by atoms with Crippen molar-refractivity contribution in [1.82, 2.24) is 9.97 Å². The molecule has 2 N–H and O–H groups in total. The molecular formula is C20H19F6N3O2. The highest BCUT2D eigenvalue weighted by molar-refractivity contribution is 5.85. The van der Waals surface area contributed by atoms with Crippen LogP contribution in [0.5, 0.6) is 0 Å². The number of aromatic nitrogens is 2. The minimum atomic E-state index is -5.01. The van der Waals surface area contributed by atoms with E-state index in [1.165, 1.54) is 0 Å². The first kappa shape index (κ1) is 22.8. The topological polar surface area (TPSA) is 75.1 Å². The van der Waals surface area contributed by atoms with Crippen LogP contribution in [-0.2, 0) is 12.4 Å². The van der Waals surface area contributed by atoms with Crippen LogP contribution in [0.4, 0.5) is 32.2 Å². The Kier molecular flexibility index (Phi) is 6.42. The number of aromatic carboxylic acids is 1. The van der Waals surface area contributed by atoms with Crippen molar-refractivity contribution in [3.63, 3.8) is 0 Å². The molecular weight excluding hydrogens is 428 g/mol. The van der Waals surface area contributed by atoms with Crippen LogP contribution >= 0.6 is 0 Å². The first-order valence-electron chi connectivity index (χ1n) is 9.62. The average Bonchev–Trinajstić information content (AvgIpc) is 2.95. The predicted octanol–water partition coefficient (Wildman–Crippen LogP) is 6.01. The molecule has 1 fully saturated rings. The maximum absolute atomic E-state index is 13.2. The van der Waals surface area contributed by atoms with Gasteiger partial charge in [0.25, 0.3) is 0 Å². The van der Waals surface area contributed by atoms with E-state index in [1.54, 1.807) is 0 Å². The van der Waals surface area contributed by atoms with Crippen molar-refractivity contribution in [3.05, 3.63) is 41.3 Å². The molecule has 0 aliphatic heterocycles. The second-order valence-electron chi connectivity index (χ2n) is 7.39. The molecule has 0 radical (unpaired) electrons.